The number of rotatable bonds is 2. The standard InChI is InChI=1S/C15H23N/c1-4-14-11-15(6-5-13(14)3)16-9-7-12(2)8-10-16/h5-6,11-12H,4,7-10H2,1-3H3. The monoisotopic (exact) mass is 217 g/mol. The first-order chi connectivity index (χ1) is 7.70. The zero-order chi connectivity index (χ0) is 11.5. The van der Waals surface area contributed by atoms with Crippen molar-refractivity contribution in [2.75, 3.05) is 18.0 Å². The minimum Gasteiger partial charge on any atom is -0.372 e. The van der Waals surface area contributed by atoms with E-state index in [9.17, 15) is 0 Å². The van der Waals surface area contributed by atoms with Gasteiger partial charge in [-0.25, -0.2) is 0 Å². The molecule has 1 saturated heterocycles. The largest absolute Gasteiger partial charge is 0.372 e. The first-order valence-corrected chi connectivity index (χ1v) is 6.55. The molecule has 0 atom stereocenters. The first-order valence-electron chi connectivity index (χ1n) is 6.55. The number of anilines is 1. The fraction of sp³-hybridized carbons (Fsp3) is 0.600. The van der Waals surface area contributed by atoms with Crippen molar-refractivity contribution in [2.24, 2.45) is 5.92 Å². The molecule has 1 aromatic rings. The van der Waals surface area contributed by atoms with E-state index in [0.29, 0.717) is 0 Å². The zero-order valence-electron chi connectivity index (χ0n) is 10.8. The molecule has 1 fully saturated rings. The van der Waals surface area contributed by atoms with Crippen LogP contribution >= 0.6 is 0 Å². The fourth-order valence-corrected chi connectivity index (χ4v) is 2.50. The van der Waals surface area contributed by atoms with E-state index in [1.54, 1.807) is 0 Å². The maximum atomic E-state index is 2.54. The van der Waals surface area contributed by atoms with Crippen molar-refractivity contribution in [1.29, 1.82) is 0 Å². The van der Waals surface area contributed by atoms with Gasteiger partial charge in [-0.1, -0.05) is 19.9 Å². The summed E-state index contributed by atoms with van der Waals surface area (Å²) in [5.41, 5.74) is 4.35. The summed E-state index contributed by atoms with van der Waals surface area (Å²) in [6.07, 6.45) is 3.83. The van der Waals surface area contributed by atoms with Crippen molar-refractivity contribution >= 4 is 5.69 Å². The predicted octanol–water partition coefficient (Wildman–Crippen LogP) is 3.79. The first kappa shape index (κ1) is 11.5. The van der Waals surface area contributed by atoms with E-state index in [-0.39, 0.29) is 0 Å². The molecule has 0 bridgehead atoms. The van der Waals surface area contributed by atoms with Crippen molar-refractivity contribution in [3.63, 3.8) is 0 Å². The van der Waals surface area contributed by atoms with Gasteiger partial charge in [-0.05, 0) is 55.4 Å². The molecule has 1 aliphatic rings. The van der Waals surface area contributed by atoms with Gasteiger partial charge in [-0.15, -0.1) is 0 Å². The van der Waals surface area contributed by atoms with Crippen molar-refractivity contribution < 1.29 is 0 Å². The minimum atomic E-state index is 0.910. The van der Waals surface area contributed by atoms with Crippen LogP contribution in [-0.4, -0.2) is 13.1 Å². The molecular weight excluding hydrogens is 194 g/mol. The SMILES string of the molecule is CCc1cc(N2CCC(C)CC2)ccc1C. The average Bonchev–Trinajstić information content (AvgIpc) is 2.31. The van der Waals surface area contributed by atoms with Crippen LogP contribution in [0.25, 0.3) is 0 Å². The zero-order valence-corrected chi connectivity index (χ0v) is 10.8. The summed E-state index contributed by atoms with van der Waals surface area (Å²) in [5, 5.41) is 0. The molecule has 16 heavy (non-hydrogen) atoms. The Morgan fingerprint density at radius 3 is 2.56 bits per heavy atom. The van der Waals surface area contributed by atoms with Crippen LogP contribution in [0.1, 0.15) is 37.8 Å². The third-order valence-corrected chi connectivity index (χ3v) is 3.86. The molecular formula is C15H23N. The van der Waals surface area contributed by atoms with Gasteiger partial charge in [0.05, 0.1) is 0 Å². The lowest BCUT2D eigenvalue weighted by Crippen LogP contribution is -2.32. The quantitative estimate of drug-likeness (QED) is 0.728. The molecule has 0 amide bonds. The molecule has 1 heteroatoms. The highest BCUT2D eigenvalue weighted by molar-refractivity contribution is 5.51. The van der Waals surface area contributed by atoms with Gasteiger partial charge < -0.3 is 4.90 Å². The molecule has 0 saturated carbocycles. The van der Waals surface area contributed by atoms with E-state index < -0.39 is 0 Å². The molecule has 1 nitrogen and oxygen atoms in total. The van der Waals surface area contributed by atoms with E-state index in [4.69, 9.17) is 0 Å². The fourth-order valence-electron chi connectivity index (χ4n) is 2.50. The van der Waals surface area contributed by atoms with Gasteiger partial charge in [0.1, 0.15) is 0 Å². The van der Waals surface area contributed by atoms with Crippen LogP contribution < -0.4 is 4.90 Å². The van der Waals surface area contributed by atoms with Crippen LogP contribution in [0.5, 0.6) is 0 Å². The normalized spacial score (nSPS) is 17.8. The van der Waals surface area contributed by atoms with Gasteiger partial charge in [0.25, 0.3) is 0 Å². The Labute approximate surface area is 99.5 Å². The van der Waals surface area contributed by atoms with E-state index >= 15 is 0 Å². The van der Waals surface area contributed by atoms with Gasteiger partial charge in [-0.2, -0.15) is 0 Å². The Hall–Kier alpha value is -0.980. The summed E-state index contributed by atoms with van der Waals surface area (Å²) in [5.74, 6) is 0.910. The summed E-state index contributed by atoms with van der Waals surface area (Å²) < 4.78 is 0. The van der Waals surface area contributed by atoms with Crippen molar-refractivity contribution in [2.45, 2.75) is 40.0 Å². The van der Waals surface area contributed by atoms with Crippen molar-refractivity contribution in [1.82, 2.24) is 0 Å². The second kappa shape index (κ2) is 4.90. The second-order valence-electron chi connectivity index (χ2n) is 5.13. The Morgan fingerprint density at radius 2 is 1.94 bits per heavy atom. The lowest BCUT2D eigenvalue weighted by molar-refractivity contribution is 0.438. The van der Waals surface area contributed by atoms with E-state index in [1.165, 1.54) is 42.7 Å². The Morgan fingerprint density at radius 1 is 1.25 bits per heavy atom. The van der Waals surface area contributed by atoms with Crippen LogP contribution in [0.4, 0.5) is 5.69 Å². The number of hydrogen-bond donors (Lipinski definition) is 0. The smallest absolute Gasteiger partial charge is 0.0369 e. The lowest BCUT2D eigenvalue weighted by atomic mass is 9.98. The van der Waals surface area contributed by atoms with Gasteiger partial charge in [0.2, 0.25) is 0 Å². The number of piperidine rings is 1. The molecule has 1 aromatic carbocycles. The summed E-state index contributed by atoms with van der Waals surface area (Å²) in [7, 11) is 0. The number of hydrogen-bond acceptors (Lipinski definition) is 1. The molecule has 0 aliphatic carbocycles. The van der Waals surface area contributed by atoms with Crippen molar-refractivity contribution in [3.8, 4) is 0 Å². The number of nitrogens with zero attached hydrogens (tertiary/aromatic N) is 1. The molecule has 0 aromatic heterocycles. The van der Waals surface area contributed by atoms with Crippen molar-refractivity contribution in [3.05, 3.63) is 29.3 Å². The third kappa shape index (κ3) is 2.40. The van der Waals surface area contributed by atoms with E-state index in [0.717, 1.165) is 12.3 Å². The topological polar surface area (TPSA) is 3.24 Å². The third-order valence-electron chi connectivity index (χ3n) is 3.86. The minimum absolute atomic E-state index is 0.910. The maximum Gasteiger partial charge on any atom is 0.0369 e. The van der Waals surface area contributed by atoms with Crippen LogP contribution in [0.3, 0.4) is 0 Å². The highest BCUT2D eigenvalue weighted by atomic mass is 15.1. The van der Waals surface area contributed by atoms with Crippen LogP contribution in [0, 0.1) is 12.8 Å². The van der Waals surface area contributed by atoms with Gasteiger partial charge in [-0.3, -0.25) is 0 Å². The Balaban J connectivity index is 2.14. The second-order valence-corrected chi connectivity index (χ2v) is 5.13. The van der Waals surface area contributed by atoms with Crippen LogP contribution in [0.15, 0.2) is 18.2 Å². The van der Waals surface area contributed by atoms with E-state index in [1.807, 2.05) is 0 Å². The molecule has 0 spiro atoms. The molecule has 0 radical (unpaired) electrons. The molecule has 2 rings (SSSR count). The van der Waals surface area contributed by atoms with Gasteiger partial charge >= 0.3 is 0 Å². The molecule has 1 heterocycles. The highest BCUT2D eigenvalue weighted by Crippen LogP contribution is 2.25. The maximum absolute atomic E-state index is 2.54. The molecule has 1 aliphatic heterocycles. The summed E-state index contributed by atoms with van der Waals surface area (Å²) in [6.45, 7) is 9.27. The van der Waals surface area contributed by atoms with Crippen LogP contribution in [0.2, 0.25) is 0 Å². The summed E-state index contributed by atoms with van der Waals surface area (Å²) in [6, 6.07) is 6.93. The highest BCUT2D eigenvalue weighted by Gasteiger charge is 2.16. The number of aryl methyl sites for hydroxylation is 2. The average molecular weight is 217 g/mol. The Kier molecular flexibility index (Phi) is 3.52. The van der Waals surface area contributed by atoms with Gasteiger partial charge in [0.15, 0.2) is 0 Å². The molecule has 0 unspecified atom stereocenters. The van der Waals surface area contributed by atoms with Crippen LogP contribution in [-0.2, 0) is 6.42 Å². The summed E-state index contributed by atoms with van der Waals surface area (Å²) >= 11 is 0. The molecule has 0 N–H and O–H groups in total. The van der Waals surface area contributed by atoms with E-state index in [2.05, 4.69) is 43.9 Å². The molecule has 88 valence electrons. The van der Waals surface area contributed by atoms with Gasteiger partial charge in [0, 0.05) is 18.8 Å². The number of benzene rings is 1. The predicted molar refractivity (Wildman–Crippen MR) is 71.2 cm³/mol. The lowest BCUT2D eigenvalue weighted by Gasteiger charge is -2.32. The Bertz CT molecular complexity index is 348. The summed E-state index contributed by atoms with van der Waals surface area (Å²) in [4.78, 5) is 2.54.